The predicted molar refractivity (Wildman–Crippen MR) is 71.5 cm³/mol. The SMILES string of the molecule is CC1NC(=O)C(C(C)C)N(C(C)C2CCCO2)C1=O. The number of hydrogen-bond donors (Lipinski definition) is 1. The van der Waals surface area contributed by atoms with Crippen LogP contribution in [0.5, 0.6) is 0 Å². The van der Waals surface area contributed by atoms with Gasteiger partial charge >= 0.3 is 0 Å². The Balaban J connectivity index is 2.24. The Labute approximate surface area is 114 Å². The topological polar surface area (TPSA) is 58.6 Å². The van der Waals surface area contributed by atoms with Crippen LogP contribution >= 0.6 is 0 Å². The number of rotatable bonds is 3. The Hall–Kier alpha value is -1.10. The molecule has 2 aliphatic heterocycles. The van der Waals surface area contributed by atoms with Crippen LogP contribution in [0.2, 0.25) is 0 Å². The number of carbonyl (C=O) groups excluding carboxylic acids is 2. The molecule has 4 atom stereocenters. The lowest BCUT2D eigenvalue weighted by Gasteiger charge is -2.44. The van der Waals surface area contributed by atoms with Crippen molar-refractivity contribution in [1.29, 1.82) is 0 Å². The molecule has 4 unspecified atom stereocenters. The molecule has 0 aromatic heterocycles. The summed E-state index contributed by atoms with van der Waals surface area (Å²) in [4.78, 5) is 26.4. The van der Waals surface area contributed by atoms with E-state index in [1.54, 1.807) is 11.8 Å². The van der Waals surface area contributed by atoms with Gasteiger partial charge in [0.1, 0.15) is 12.1 Å². The minimum atomic E-state index is -0.439. The van der Waals surface area contributed by atoms with Crippen molar-refractivity contribution in [2.75, 3.05) is 6.61 Å². The quantitative estimate of drug-likeness (QED) is 0.828. The van der Waals surface area contributed by atoms with E-state index in [1.807, 2.05) is 20.8 Å². The second-order valence-electron chi connectivity index (χ2n) is 5.96. The molecule has 0 radical (unpaired) electrons. The summed E-state index contributed by atoms with van der Waals surface area (Å²) in [7, 11) is 0. The van der Waals surface area contributed by atoms with E-state index in [9.17, 15) is 9.59 Å². The number of hydrogen-bond acceptors (Lipinski definition) is 3. The van der Waals surface area contributed by atoms with Crippen LogP contribution in [0.15, 0.2) is 0 Å². The van der Waals surface area contributed by atoms with Crippen molar-refractivity contribution in [1.82, 2.24) is 10.2 Å². The molecule has 0 saturated carbocycles. The Morgan fingerprint density at radius 3 is 2.53 bits per heavy atom. The van der Waals surface area contributed by atoms with E-state index in [0.717, 1.165) is 19.4 Å². The molecule has 2 rings (SSSR count). The number of ether oxygens (including phenoxy) is 1. The lowest BCUT2D eigenvalue weighted by Crippen LogP contribution is -2.67. The Kier molecular flexibility index (Phi) is 4.13. The summed E-state index contributed by atoms with van der Waals surface area (Å²) >= 11 is 0. The van der Waals surface area contributed by atoms with Gasteiger partial charge in [0.25, 0.3) is 0 Å². The van der Waals surface area contributed by atoms with Crippen molar-refractivity contribution >= 4 is 11.8 Å². The molecule has 1 N–H and O–H groups in total. The molecular formula is C14H24N2O3. The fourth-order valence-electron chi connectivity index (χ4n) is 3.09. The van der Waals surface area contributed by atoms with E-state index >= 15 is 0 Å². The van der Waals surface area contributed by atoms with Crippen LogP contribution in [-0.4, -0.2) is 47.6 Å². The molecule has 0 aromatic rings. The number of carbonyl (C=O) groups is 2. The minimum Gasteiger partial charge on any atom is -0.376 e. The molecule has 2 heterocycles. The summed E-state index contributed by atoms with van der Waals surface area (Å²) in [6, 6.07) is -0.870. The molecule has 2 saturated heterocycles. The molecule has 5 nitrogen and oxygen atoms in total. The van der Waals surface area contributed by atoms with Gasteiger partial charge in [-0.05, 0) is 32.6 Å². The van der Waals surface area contributed by atoms with Crippen molar-refractivity contribution in [2.24, 2.45) is 5.92 Å². The summed E-state index contributed by atoms with van der Waals surface area (Å²) in [6.45, 7) is 8.44. The smallest absolute Gasteiger partial charge is 0.245 e. The summed E-state index contributed by atoms with van der Waals surface area (Å²) in [6.07, 6.45) is 2.06. The van der Waals surface area contributed by atoms with Gasteiger partial charge in [-0.1, -0.05) is 13.8 Å². The van der Waals surface area contributed by atoms with E-state index in [-0.39, 0.29) is 35.9 Å². The van der Waals surface area contributed by atoms with E-state index < -0.39 is 6.04 Å². The first-order valence-electron chi connectivity index (χ1n) is 7.17. The summed E-state index contributed by atoms with van der Waals surface area (Å²) in [5, 5.41) is 2.76. The molecule has 2 amide bonds. The van der Waals surface area contributed by atoms with E-state index in [2.05, 4.69) is 5.32 Å². The number of amides is 2. The van der Waals surface area contributed by atoms with E-state index in [0.29, 0.717) is 0 Å². The first kappa shape index (κ1) is 14.3. The Morgan fingerprint density at radius 1 is 1.32 bits per heavy atom. The summed E-state index contributed by atoms with van der Waals surface area (Å²) in [5.41, 5.74) is 0. The lowest BCUT2D eigenvalue weighted by atomic mass is 9.94. The Bertz CT molecular complexity index is 364. The normalized spacial score (nSPS) is 33.7. The molecule has 0 aliphatic carbocycles. The third-order valence-electron chi connectivity index (χ3n) is 4.13. The van der Waals surface area contributed by atoms with Gasteiger partial charge in [-0.3, -0.25) is 9.59 Å². The molecule has 19 heavy (non-hydrogen) atoms. The molecule has 2 fully saturated rings. The molecule has 5 heteroatoms. The lowest BCUT2D eigenvalue weighted by molar-refractivity contribution is -0.156. The zero-order chi connectivity index (χ0) is 14.2. The summed E-state index contributed by atoms with van der Waals surface area (Å²) < 4.78 is 5.69. The summed E-state index contributed by atoms with van der Waals surface area (Å²) in [5.74, 6) is 0.0496. The molecule has 0 aromatic carbocycles. The fraction of sp³-hybridized carbons (Fsp3) is 0.857. The highest BCUT2D eigenvalue weighted by Gasteiger charge is 2.44. The van der Waals surface area contributed by atoms with Gasteiger partial charge in [-0.15, -0.1) is 0 Å². The van der Waals surface area contributed by atoms with Crippen molar-refractivity contribution in [3.63, 3.8) is 0 Å². The van der Waals surface area contributed by atoms with Gasteiger partial charge < -0.3 is 15.0 Å². The van der Waals surface area contributed by atoms with Crippen LogP contribution in [0.25, 0.3) is 0 Å². The van der Waals surface area contributed by atoms with Crippen LogP contribution in [0.3, 0.4) is 0 Å². The zero-order valence-electron chi connectivity index (χ0n) is 12.2. The second kappa shape index (κ2) is 5.49. The average Bonchev–Trinajstić information content (AvgIpc) is 2.85. The number of nitrogens with one attached hydrogen (secondary N) is 1. The average molecular weight is 268 g/mol. The van der Waals surface area contributed by atoms with Crippen LogP contribution in [0.4, 0.5) is 0 Å². The maximum atomic E-state index is 12.4. The number of nitrogens with zero attached hydrogens (tertiary/aromatic N) is 1. The molecule has 0 bridgehead atoms. The van der Waals surface area contributed by atoms with Crippen molar-refractivity contribution < 1.29 is 14.3 Å². The molecule has 2 aliphatic rings. The number of piperazine rings is 1. The zero-order valence-corrected chi connectivity index (χ0v) is 12.2. The first-order chi connectivity index (χ1) is 8.93. The van der Waals surface area contributed by atoms with Crippen molar-refractivity contribution in [3.8, 4) is 0 Å². The van der Waals surface area contributed by atoms with Crippen molar-refractivity contribution in [3.05, 3.63) is 0 Å². The van der Waals surface area contributed by atoms with Crippen LogP contribution < -0.4 is 5.32 Å². The van der Waals surface area contributed by atoms with E-state index in [1.165, 1.54) is 0 Å². The monoisotopic (exact) mass is 268 g/mol. The third kappa shape index (κ3) is 2.61. The Morgan fingerprint density at radius 2 is 2.00 bits per heavy atom. The van der Waals surface area contributed by atoms with Gasteiger partial charge in [0.15, 0.2) is 0 Å². The molecular weight excluding hydrogens is 244 g/mol. The van der Waals surface area contributed by atoms with E-state index in [4.69, 9.17) is 4.74 Å². The largest absolute Gasteiger partial charge is 0.376 e. The van der Waals surface area contributed by atoms with Gasteiger partial charge in [-0.25, -0.2) is 0 Å². The highest BCUT2D eigenvalue weighted by molar-refractivity contribution is 5.97. The second-order valence-corrected chi connectivity index (χ2v) is 5.96. The standard InChI is InChI=1S/C14H24N2O3/c1-8(2)12-13(17)15-9(3)14(18)16(12)10(4)11-6-5-7-19-11/h8-12H,5-7H2,1-4H3,(H,15,17). The third-order valence-corrected chi connectivity index (χ3v) is 4.13. The highest BCUT2D eigenvalue weighted by Crippen LogP contribution is 2.26. The maximum Gasteiger partial charge on any atom is 0.245 e. The highest BCUT2D eigenvalue weighted by atomic mass is 16.5. The van der Waals surface area contributed by atoms with Gasteiger partial charge in [0.05, 0.1) is 12.1 Å². The minimum absolute atomic E-state index is 0.00120. The van der Waals surface area contributed by atoms with Crippen LogP contribution in [-0.2, 0) is 14.3 Å². The molecule has 0 spiro atoms. The van der Waals surface area contributed by atoms with Gasteiger partial charge in [0.2, 0.25) is 11.8 Å². The predicted octanol–water partition coefficient (Wildman–Crippen LogP) is 0.925. The first-order valence-corrected chi connectivity index (χ1v) is 7.17. The fourth-order valence-corrected chi connectivity index (χ4v) is 3.09. The maximum absolute atomic E-state index is 12.4. The van der Waals surface area contributed by atoms with Gasteiger partial charge in [-0.2, -0.15) is 0 Å². The van der Waals surface area contributed by atoms with Crippen LogP contribution in [0.1, 0.15) is 40.5 Å². The molecule has 108 valence electrons. The van der Waals surface area contributed by atoms with Crippen molar-refractivity contribution in [2.45, 2.75) is 64.8 Å². The van der Waals surface area contributed by atoms with Gasteiger partial charge in [0, 0.05) is 6.61 Å². The van der Waals surface area contributed by atoms with Crippen LogP contribution in [0, 0.1) is 5.92 Å².